The molecule has 3 rings (SSSR count). The van der Waals surface area contributed by atoms with Gasteiger partial charge in [0.1, 0.15) is 5.76 Å². The van der Waals surface area contributed by atoms with E-state index >= 15 is 0 Å². The predicted octanol–water partition coefficient (Wildman–Crippen LogP) is 3.63. The summed E-state index contributed by atoms with van der Waals surface area (Å²) in [7, 11) is 0. The van der Waals surface area contributed by atoms with Gasteiger partial charge in [-0.05, 0) is 62.1 Å². The summed E-state index contributed by atoms with van der Waals surface area (Å²) in [4.78, 5) is 0. The van der Waals surface area contributed by atoms with Crippen molar-refractivity contribution >= 4 is 0 Å². The molecule has 2 bridgehead atoms. The second-order valence-corrected chi connectivity index (χ2v) is 6.18. The third-order valence-electron chi connectivity index (χ3n) is 4.97. The van der Waals surface area contributed by atoms with E-state index in [2.05, 4.69) is 18.3 Å². The van der Waals surface area contributed by atoms with Crippen LogP contribution in [0.1, 0.15) is 44.8 Å². The Labute approximate surface area is 110 Å². The molecule has 1 heterocycles. The summed E-state index contributed by atoms with van der Waals surface area (Å²) in [5.41, 5.74) is 0. The van der Waals surface area contributed by atoms with Gasteiger partial charge in [0.15, 0.2) is 0 Å². The normalized spacial score (nSPS) is 31.9. The smallest absolute Gasteiger partial charge is 0.105 e. The molecule has 4 unspecified atom stereocenters. The maximum absolute atomic E-state index is 5.54. The summed E-state index contributed by atoms with van der Waals surface area (Å²) < 4.78 is 5.54. The number of fused-ring (bicyclic) bond motifs is 2. The lowest BCUT2D eigenvalue weighted by Crippen LogP contribution is -2.40. The van der Waals surface area contributed by atoms with E-state index in [4.69, 9.17) is 4.42 Å². The maximum atomic E-state index is 5.54. The molecule has 0 saturated heterocycles. The molecule has 0 aromatic carbocycles. The molecular formula is C16H25NO. The van der Waals surface area contributed by atoms with Crippen LogP contribution in [0.3, 0.4) is 0 Å². The Bertz CT molecular complexity index is 359. The van der Waals surface area contributed by atoms with E-state index in [0.29, 0.717) is 6.04 Å². The van der Waals surface area contributed by atoms with Crippen LogP contribution in [0.5, 0.6) is 0 Å². The molecule has 1 aromatic rings. The summed E-state index contributed by atoms with van der Waals surface area (Å²) in [6, 6.07) is 4.76. The molecular weight excluding hydrogens is 222 g/mol. The second-order valence-electron chi connectivity index (χ2n) is 6.18. The molecule has 100 valence electrons. The third-order valence-corrected chi connectivity index (χ3v) is 4.97. The Hall–Kier alpha value is -0.760. The third kappa shape index (κ3) is 2.49. The lowest BCUT2D eigenvalue weighted by molar-refractivity contribution is 0.239. The van der Waals surface area contributed by atoms with Crippen LogP contribution in [0, 0.1) is 17.8 Å². The molecule has 2 saturated carbocycles. The minimum absolute atomic E-state index is 0.631. The Morgan fingerprint density at radius 2 is 2.33 bits per heavy atom. The minimum Gasteiger partial charge on any atom is -0.469 e. The van der Waals surface area contributed by atoms with Gasteiger partial charge in [-0.25, -0.2) is 0 Å². The van der Waals surface area contributed by atoms with Crippen molar-refractivity contribution in [2.45, 2.75) is 51.5 Å². The topological polar surface area (TPSA) is 25.2 Å². The molecule has 0 aliphatic heterocycles. The van der Waals surface area contributed by atoms with E-state index in [1.807, 2.05) is 6.07 Å². The molecule has 2 nitrogen and oxygen atoms in total. The van der Waals surface area contributed by atoms with E-state index < -0.39 is 0 Å². The van der Waals surface area contributed by atoms with Crippen LogP contribution >= 0.6 is 0 Å². The molecule has 0 radical (unpaired) electrons. The molecule has 2 aliphatic rings. The number of furan rings is 1. The first kappa shape index (κ1) is 12.3. The van der Waals surface area contributed by atoms with Crippen LogP contribution in [0.25, 0.3) is 0 Å². The summed E-state index contributed by atoms with van der Waals surface area (Å²) >= 11 is 0. The number of nitrogens with one attached hydrogen (secondary N) is 1. The van der Waals surface area contributed by atoms with Crippen LogP contribution < -0.4 is 5.32 Å². The van der Waals surface area contributed by atoms with Crippen LogP contribution in [0.2, 0.25) is 0 Å². The molecule has 4 atom stereocenters. The number of hydrogen-bond acceptors (Lipinski definition) is 2. The predicted molar refractivity (Wildman–Crippen MR) is 73.4 cm³/mol. The van der Waals surface area contributed by atoms with Gasteiger partial charge in [-0.1, -0.05) is 13.3 Å². The van der Waals surface area contributed by atoms with Gasteiger partial charge in [0.2, 0.25) is 0 Å². The first-order valence-corrected chi connectivity index (χ1v) is 7.62. The van der Waals surface area contributed by atoms with Crippen molar-refractivity contribution in [1.29, 1.82) is 0 Å². The monoisotopic (exact) mass is 247 g/mol. The second kappa shape index (κ2) is 5.48. The summed E-state index contributed by atoms with van der Waals surface area (Å²) in [5, 5.41) is 3.77. The molecule has 18 heavy (non-hydrogen) atoms. The standard InChI is InChI=1S/C16H25NO/c1-2-7-17-16(11-14-4-3-8-18-14)15-10-12-5-6-13(15)9-12/h3-4,8,12-13,15-17H,2,5-7,9-11H2,1H3. The average molecular weight is 247 g/mol. The van der Waals surface area contributed by atoms with Gasteiger partial charge in [0.05, 0.1) is 6.26 Å². The summed E-state index contributed by atoms with van der Waals surface area (Å²) in [5.74, 6) is 4.05. The van der Waals surface area contributed by atoms with Crippen molar-refractivity contribution in [2.75, 3.05) is 6.54 Å². The van der Waals surface area contributed by atoms with E-state index in [1.165, 1.54) is 32.1 Å². The highest BCUT2D eigenvalue weighted by atomic mass is 16.3. The van der Waals surface area contributed by atoms with Gasteiger partial charge in [-0.15, -0.1) is 0 Å². The Kier molecular flexibility index (Phi) is 3.74. The fraction of sp³-hybridized carbons (Fsp3) is 0.750. The molecule has 2 fully saturated rings. The molecule has 2 heteroatoms. The Morgan fingerprint density at radius 1 is 1.39 bits per heavy atom. The lowest BCUT2D eigenvalue weighted by atomic mass is 9.81. The average Bonchev–Trinajstić information content (AvgIpc) is 3.10. The minimum atomic E-state index is 0.631. The van der Waals surface area contributed by atoms with E-state index in [-0.39, 0.29) is 0 Å². The van der Waals surface area contributed by atoms with Crippen LogP contribution in [0.4, 0.5) is 0 Å². The molecule has 0 amide bonds. The zero-order chi connectivity index (χ0) is 12.4. The molecule has 1 aromatic heterocycles. The highest BCUT2D eigenvalue weighted by molar-refractivity contribution is 5.04. The largest absolute Gasteiger partial charge is 0.469 e. The maximum Gasteiger partial charge on any atom is 0.105 e. The number of hydrogen-bond donors (Lipinski definition) is 1. The van der Waals surface area contributed by atoms with Crippen LogP contribution in [-0.2, 0) is 6.42 Å². The van der Waals surface area contributed by atoms with Crippen LogP contribution in [0.15, 0.2) is 22.8 Å². The Morgan fingerprint density at radius 3 is 2.94 bits per heavy atom. The van der Waals surface area contributed by atoms with Crippen molar-refractivity contribution in [3.63, 3.8) is 0 Å². The fourth-order valence-electron chi connectivity index (χ4n) is 4.14. The SMILES string of the molecule is CCCNC(Cc1ccco1)C1CC2CCC1C2. The van der Waals surface area contributed by atoms with Crippen LogP contribution in [-0.4, -0.2) is 12.6 Å². The first-order valence-electron chi connectivity index (χ1n) is 7.62. The van der Waals surface area contributed by atoms with E-state index in [9.17, 15) is 0 Å². The molecule has 2 aliphatic carbocycles. The molecule has 0 spiro atoms. The van der Waals surface area contributed by atoms with E-state index in [0.717, 1.165) is 36.5 Å². The first-order chi connectivity index (χ1) is 8.86. The van der Waals surface area contributed by atoms with Gasteiger partial charge in [-0.3, -0.25) is 0 Å². The van der Waals surface area contributed by atoms with Crippen molar-refractivity contribution in [2.24, 2.45) is 17.8 Å². The van der Waals surface area contributed by atoms with Crippen molar-refractivity contribution in [3.8, 4) is 0 Å². The summed E-state index contributed by atoms with van der Waals surface area (Å²) in [6.07, 6.45) is 9.99. The van der Waals surface area contributed by atoms with E-state index in [1.54, 1.807) is 6.26 Å². The summed E-state index contributed by atoms with van der Waals surface area (Å²) in [6.45, 7) is 3.39. The lowest BCUT2D eigenvalue weighted by Gasteiger charge is -2.31. The van der Waals surface area contributed by atoms with Gasteiger partial charge in [0.25, 0.3) is 0 Å². The van der Waals surface area contributed by atoms with Crippen molar-refractivity contribution in [1.82, 2.24) is 5.32 Å². The van der Waals surface area contributed by atoms with Crippen molar-refractivity contribution in [3.05, 3.63) is 24.2 Å². The number of rotatable bonds is 6. The zero-order valence-electron chi connectivity index (χ0n) is 11.4. The van der Waals surface area contributed by atoms with Gasteiger partial charge in [-0.2, -0.15) is 0 Å². The zero-order valence-corrected chi connectivity index (χ0v) is 11.4. The highest BCUT2D eigenvalue weighted by Gasteiger charge is 2.42. The fourth-order valence-corrected chi connectivity index (χ4v) is 4.14. The quantitative estimate of drug-likeness (QED) is 0.830. The van der Waals surface area contributed by atoms with Gasteiger partial charge >= 0.3 is 0 Å². The van der Waals surface area contributed by atoms with Gasteiger partial charge < -0.3 is 9.73 Å². The van der Waals surface area contributed by atoms with Gasteiger partial charge in [0, 0.05) is 12.5 Å². The van der Waals surface area contributed by atoms with Crippen molar-refractivity contribution < 1.29 is 4.42 Å². The Balaban J connectivity index is 1.65. The highest BCUT2D eigenvalue weighted by Crippen LogP contribution is 2.49. The molecule has 1 N–H and O–H groups in total.